The molecule has 0 saturated carbocycles. The third kappa shape index (κ3) is 68.9. The molecule has 0 radical (unpaired) electrons. The van der Waals surface area contributed by atoms with E-state index in [1.54, 1.807) is 0 Å². The molecule has 0 N–H and O–H groups in total. The molecule has 0 aliphatic heterocycles. The first kappa shape index (κ1) is 80.2. The number of esters is 3. The molecule has 0 aromatic rings. The van der Waals surface area contributed by atoms with Crippen molar-refractivity contribution in [1.29, 1.82) is 0 Å². The molecule has 0 rings (SSSR count). The van der Waals surface area contributed by atoms with Crippen molar-refractivity contribution < 1.29 is 28.6 Å². The van der Waals surface area contributed by atoms with Gasteiger partial charge in [0, 0.05) is 19.3 Å². The molecule has 0 aliphatic carbocycles. The maximum Gasteiger partial charge on any atom is 0.306 e. The van der Waals surface area contributed by atoms with E-state index in [1.807, 2.05) is 0 Å². The van der Waals surface area contributed by atoms with Crippen LogP contribution in [0.3, 0.4) is 0 Å². The molecule has 486 valence electrons. The van der Waals surface area contributed by atoms with Crippen molar-refractivity contribution in [3.8, 4) is 0 Å². The van der Waals surface area contributed by atoms with Gasteiger partial charge < -0.3 is 14.2 Å². The van der Waals surface area contributed by atoms with Crippen LogP contribution in [0.5, 0.6) is 0 Å². The lowest BCUT2D eigenvalue weighted by atomic mass is 10.0. The first-order valence-corrected chi connectivity index (χ1v) is 37.7. The number of unbranched alkanes of at least 4 members (excludes halogenated alkanes) is 58. The highest BCUT2D eigenvalue weighted by atomic mass is 16.6. The van der Waals surface area contributed by atoms with Gasteiger partial charge in [-0.1, -0.05) is 386 Å². The molecule has 0 amide bonds. The summed E-state index contributed by atoms with van der Waals surface area (Å²) >= 11 is 0. The van der Waals surface area contributed by atoms with Crippen LogP contribution in [-0.2, 0) is 28.6 Å². The zero-order chi connectivity index (χ0) is 59.2. The van der Waals surface area contributed by atoms with E-state index in [0.717, 1.165) is 57.8 Å². The SMILES string of the molecule is CCCCCCCC/C=C\CCCCCCCCCC(=O)OC(COC(=O)CCCCCCCCCCCCCC)COC(=O)CCCCCCCCCCCCCCCCCCCCCCCCCCCCCCCCCCCCC. The van der Waals surface area contributed by atoms with Gasteiger partial charge in [-0.2, -0.15) is 0 Å². The van der Waals surface area contributed by atoms with E-state index >= 15 is 0 Å². The smallest absolute Gasteiger partial charge is 0.306 e. The summed E-state index contributed by atoms with van der Waals surface area (Å²) < 4.78 is 17.0. The lowest BCUT2D eigenvalue weighted by Gasteiger charge is -2.18. The van der Waals surface area contributed by atoms with Gasteiger partial charge in [-0.3, -0.25) is 14.4 Å². The van der Waals surface area contributed by atoms with Gasteiger partial charge in [0.1, 0.15) is 13.2 Å². The molecule has 0 saturated heterocycles. The number of carbonyl (C=O) groups excluding carboxylic acids is 3. The van der Waals surface area contributed by atoms with E-state index < -0.39 is 6.10 Å². The molecule has 6 nitrogen and oxygen atoms in total. The van der Waals surface area contributed by atoms with E-state index in [-0.39, 0.29) is 31.1 Å². The van der Waals surface area contributed by atoms with Crippen LogP contribution < -0.4 is 0 Å². The largest absolute Gasteiger partial charge is 0.462 e. The fourth-order valence-electron chi connectivity index (χ4n) is 11.9. The minimum atomic E-state index is -0.768. The van der Waals surface area contributed by atoms with Crippen LogP contribution in [0.4, 0.5) is 0 Å². The van der Waals surface area contributed by atoms with Gasteiger partial charge in [-0.05, 0) is 44.9 Å². The average Bonchev–Trinajstić information content (AvgIpc) is 3.47. The monoisotopic (exact) mass is 1160 g/mol. The summed E-state index contributed by atoms with van der Waals surface area (Å²) in [6.45, 7) is 6.72. The summed E-state index contributed by atoms with van der Waals surface area (Å²) in [6.07, 6.45) is 87.1. The molecule has 0 aliphatic rings. The van der Waals surface area contributed by atoms with E-state index in [1.165, 1.54) is 340 Å². The molecular formula is C76H146O6. The predicted octanol–water partition coefficient (Wildman–Crippen LogP) is 26.0. The lowest BCUT2D eigenvalue weighted by Crippen LogP contribution is -2.30. The van der Waals surface area contributed by atoms with Crippen molar-refractivity contribution >= 4 is 17.9 Å². The zero-order valence-corrected chi connectivity index (χ0v) is 56.1. The predicted molar refractivity (Wildman–Crippen MR) is 358 cm³/mol. The topological polar surface area (TPSA) is 78.9 Å². The summed E-state index contributed by atoms with van der Waals surface area (Å²) in [5.74, 6) is -0.836. The minimum Gasteiger partial charge on any atom is -0.462 e. The second-order valence-electron chi connectivity index (χ2n) is 25.9. The van der Waals surface area contributed by atoms with Gasteiger partial charge in [-0.25, -0.2) is 0 Å². The van der Waals surface area contributed by atoms with Crippen LogP contribution >= 0.6 is 0 Å². The summed E-state index contributed by atoms with van der Waals surface area (Å²) in [7, 11) is 0. The Morgan fingerprint density at radius 3 is 0.610 bits per heavy atom. The quantitative estimate of drug-likeness (QED) is 0.0261. The van der Waals surface area contributed by atoms with Crippen LogP contribution in [0.1, 0.15) is 438 Å². The van der Waals surface area contributed by atoms with Crippen LogP contribution in [0, 0.1) is 0 Å². The number of allylic oxidation sites excluding steroid dienone is 2. The maximum absolute atomic E-state index is 12.9. The van der Waals surface area contributed by atoms with Crippen molar-refractivity contribution in [2.45, 2.75) is 444 Å². The second kappa shape index (κ2) is 71.6. The maximum atomic E-state index is 12.9. The molecule has 0 spiro atoms. The van der Waals surface area contributed by atoms with Crippen LogP contribution in [0.15, 0.2) is 12.2 Å². The zero-order valence-electron chi connectivity index (χ0n) is 56.1. The Bertz CT molecular complexity index is 1280. The molecule has 1 atom stereocenters. The number of hydrogen-bond acceptors (Lipinski definition) is 6. The first-order chi connectivity index (χ1) is 40.5. The van der Waals surface area contributed by atoms with Crippen molar-refractivity contribution in [2.75, 3.05) is 13.2 Å². The van der Waals surface area contributed by atoms with Gasteiger partial charge in [0.15, 0.2) is 6.10 Å². The van der Waals surface area contributed by atoms with Crippen LogP contribution in [0.2, 0.25) is 0 Å². The third-order valence-electron chi connectivity index (χ3n) is 17.5. The van der Waals surface area contributed by atoms with E-state index in [2.05, 4.69) is 32.9 Å². The van der Waals surface area contributed by atoms with Gasteiger partial charge in [0.2, 0.25) is 0 Å². The van der Waals surface area contributed by atoms with Gasteiger partial charge >= 0.3 is 17.9 Å². The molecule has 0 heterocycles. The van der Waals surface area contributed by atoms with Crippen molar-refractivity contribution in [3.63, 3.8) is 0 Å². The standard InChI is InChI=1S/C76H146O6/c1-4-7-10-13-16-19-22-25-27-29-30-31-32-33-34-35-36-37-38-39-40-41-42-43-44-45-46-48-49-51-54-57-60-63-66-69-75(78)81-72-73(71-80-74(77)68-65-62-59-56-53-24-21-18-15-12-9-6-3)82-76(79)70-67-64-61-58-55-52-50-47-28-26-23-20-17-14-11-8-5-2/h26,28,73H,4-25,27,29-72H2,1-3H3/b28-26-. The molecular weight excluding hydrogens is 1010 g/mol. The van der Waals surface area contributed by atoms with Gasteiger partial charge in [-0.15, -0.1) is 0 Å². The minimum absolute atomic E-state index is 0.0651. The number of ether oxygens (including phenoxy) is 3. The molecule has 0 aromatic carbocycles. The molecule has 82 heavy (non-hydrogen) atoms. The van der Waals surface area contributed by atoms with E-state index in [4.69, 9.17) is 14.2 Å². The third-order valence-corrected chi connectivity index (χ3v) is 17.5. The molecule has 0 aromatic heterocycles. The lowest BCUT2D eigenvalue weighted by molar-refractivity contribution is -0.167. The number of carbonyl (C=O) groups is 3. The van der Waals surface area contributed by atoms with E-state index in [9.17, 15) is 14.4 Å². The fraction of sp³-hybridized carbons (Fsp3) is 0.934. The van der Waals surface area contributed by atoms with Crippen molar-refractivity contribution in [1.82, 2.24) is 0 Å². The van der Waals surface area contributed by atoms with Gasteiger partial charge in [0.25, 0.3) is 0 Å². The van der Waals surface area contributed by atoms with E-state index in [0.29, 0.717) is 19.3 Å². The highest BCUT2D eigenvalue weighted by Gasteiger charge is 2.20. The Morgan fingerprint density at radius 2 is 0.402 bits per heavy atom. The molecule has 1 unspecified atom stereocenters. The molecule has 0 fully saturated rings. The first-order valence-electron chi connectivity index (χ1n) is 37.7. The molecule has 6 heteroatoms. The van der Waals surface area contributed by atoms with Crippen LogP contribution in [-0.4, -0.2) is 37.2 Å². The fourth-order valence-corrected chi connectivity index (χ4v) is 11.9. The number of rotatable bonds is 71. The average molecular weight is 1160 g/mol. The Morgan fingerprint density at radius 1 is 0.232 bits per heavy atom. The summed E-state index contributed by atoms with van der Waals surface area (Å²) in [5.41, 5.74) is 0. The Labute approximate surface area is 513 Å². The van der Waals surface area contributed by atoms with Crippen LogP contribution in [0.25, 0.3) is 0 Å². The Balaban J connectivity index is 4.02. The normalized spacial score (nSPS) is 12.0. The Hall–Kier alpha value is -1.85. The highest BCUT2D eigenvalue weighted by Crippen LogP contribution is 2.20. The second-order valence-corrected chi connectivity index (χ2v) is 25.9. The highest BCUT2D eigenvalue weighted by molar-refractivity contribution is 5.71. The van der Waals surface area contributed by atoms with Gasteiger partial charge in [0.05, 0.1) is 0 Å². The molecule has 0 bridgehead atoms. The number of hydrogen-bond donors (Lipinski definition) is 0. The summed E-state index contributed by atoms with van der Waals surface area (Å²) in [5, 5.41) is 0. The summed E-state index contributed by atoms with van der Waals surface area (Å²) in [4.78, 5) is 38.4. The summed E-state index contributed by atoms with van der Waals surface area (Å²) in [6, 6.07) is 0. The Kier molecular flexibility index (Phi) is 70.0. The van der Waals surface area contributed by atoms with Crippen molar-refractivity contribution in [3.05, 3.63) is 12.2 Å². The van der Waals surface area contributed by atoms with Crippen molar-refractivity contribution in [2.24, 2.45) is 0 Å².